The monoisotopic (exact) mass is 675 g/mol. The third-order valence-corrected chi connectivity index (χ3v) is 9.43. The molecule has 15 heteroatoms. The summed E-state index contributed by atoms with van der Waals surface area (Å²) in [5.74, 6) is -0.809. The second-order valence-electron chi connectivity index (χ2n) is 11.6. The number of nitriles is 1. The summed E-state index contributed by atoms with van der Waals surface area (Å²) in [4.78, 5) is 0. The minimum atomic E-state index is -5.69. The number of hydrogen-bond acceptors (Lipinski definition) is 8. The van der Waals surface area contributed by atoms with E-state index in [0.717, 1.165) is 80.4 Å². The number of alkyl halides is 3. The largest absolute Gasteiger partial charge is 0.534 e. The molecule has 2 aliphatic carbocycles. The molecule has 3 aromatic rings. The summed E-state index contributed by atoms with van der Waals surface area (Å²) >= 11 is 0. The van der Waals surface area contributed by atoms with Crippen molar-refractivity contribution in [2.24, 2.45) is 0 Å². The second-order valence-corrected chi connectivity index (χ2v) is 13.2. The van der Waals surface area contributed by atoms with Crippen LogP contribution >= 0.6 is 0 Å². The van der Waals surface area contributed by atoms with Crippen molar-refractivity contribution >= 4 is 21.5 Å². The smallest absolute Gasteiger partial charge is 0.376 e. The van der Waals surface area contributed by atoms with E-state index >= 15 is 0 Å². The minimum absolute atomic E-state index is 0.00306. The van der Waals surface area contributed by atoms with Crippen LogP contribution in [-0.4, -0.2) is 46.7 Å². The number of aryl methyl sites for hydroxylation is 1. The molecule has 0 saturated carbocycles. The highest BCUT2D eigenvalue weighted by atomic mass is 32.2. The molecule has 4 heterocycles. The maximum atomic E-state index is 14.0. The van der Waals surface area contributed by atoms with Gasteiger partial charge in [0.1, 0.15) is 30.1 Å². The molecule has 0 amide bonds. The van der Waals surface area contributed by atoms with E-state index in [1.165, 1.54) is 24.4 Å². The third kappa shape index (κ3) is 7.00. The van der Waals surface area contributed by atoms with Crippen molar-refractivity contribution in [2.45, 2.75) is 82.2 Å². The molecule has 10 nitrogen and oxygen atoms in total. The summed E-state index contributed by atoms with van der Waals surface area (Å²) in [6, 6.07) is 6.64. The lowest BCUT2D eigenvalue weighted by Gasteiger charge is -2.25. The molecular weight excluding hydrogens is 642 g/mol. The first kappa shape index (κ1) is 32.9. The first-order valence-corrected chi connectivity index (χ1v) is 17.0. The Morgan fingerprint density at radius 1 is 0.979 bits per heavy atom. The zero-order valence-electron chi connectivity index (χ0n) is 25.4. The Kier molecular flexibility index (Phi) is 9.54. The van der Waals surface area contributed by atoms with E-state index in [9.17, 15) is 26.0 Å². The van der Waals surface area contributed by atoms with Crippen molar-refractivity contribution in [2.75, 3.05) is 13.2 Å². The fourth-order valence-electron chi connectivity index (χ4n) is 6.13. The van der Waals surface area contributed by atoms with E-state index in [4.69, 9.17) is 19.8 Å². The summed E-state index contributed by atoms with van der Waals surface area (Å²) in [6.45, 7) is 1.37. The second kappa shape index (κ2) is 13.6. The van der Waals surface area contributed by atoms with Gasteiger partial charge >= 0.3 is 15.6 Å². The molecule has 250 valence electrons. The third-order valence-electron chi connectivity index (χ3n) is 8.47. The number of ether oxygens (including phenoxy) is 2. The molecule has 47 heavy (non-hydrogen) atoms. The molecule has 2 unspecified atom stereocenters. The molecule has 1 aromatic carbocycles. The maximum Gasteiger partial charge on any atom is 0.534 e. The highest BCUT2D eigenvalue weighted by Crippen LogP contribution is 2.36. The number of halogens is 4. The van der Waals surface area contributed by atoms with Gasteiger partial charge in [-0.15, -0.1) is 0 Å². The number of rotatable bonds is 5. The van der Waals surface area contributed by atoms with Crippen LogP contribution in [0.1, 0.15) is 97.5 Å². The summed E-state index contributed by atoms with van der Waals surface area (Å²) in [5.41, 5.74) is -0.649. The molecule has 0 N–H and O–H groups in total. The van der Waals surface area contributed by atoms with E-state index in [2.05, 4.69) is 15.4 Å². The Morgan fingerprint density at radius 2 is 1.70 bits per heavy atom. The minimum Gasteiger partial charge on any atom is -0.376 e. The van der Waals surface area contributed by atoms with Crippen LogP contribution in [0.25, 0.3) is 11.3 Å². The number of fused-ring (bicyclic) bond motifs is 2. The standard InChI is InChI=1S/C19H18FN3O.C13H15F3N2O4S/c20-17-10-13(7-8-14(17)11-21)15-4-3-5-18-16(15)12-23(22-18)19-6-1-2-9-24-19;14-13(15,16)23(19,20)22-11-5-3-4-10-9(11)8-17-18(10)12-6-1-2-7-21-12/h4,7-8,10,12,19H,1-3,5-6,9H2;5,8,12H,1-4,6-7H2. The molecule has 2 fully saturated rings. The molecule has 0 bridgehead atoms. The highest BCUT2D eigenvalue weighted by Gasteiger charge is 2.49. The Bertz CT molecular complexity index is 1830. The lowest BCUT2D eigenvalue weighted by atomic mass is 9.91. The fourth-order valence-corrected chi connectivity index (χ4v) is 6.62. The van der Waals surface area contributed by atoms with Crippen LogP contribution in [0.2, 0.25) is 0 Å². The summed E-state index contributed by atoms with van der Waals surface area (Å²) in [6.07, 6.45) is 15.1. The lowest BCUT2D eigenvalue weighted by molar-refractivity contribution is -0.0510. The van der Waals surface area contributed by atoms with Crippen LogP contribution in [0.4, 0.5) is 17.6 Å². The van der Waals surface area contributed by atoms with E-state index in [0.29, 0.717) is 25.1 Å². The predicted octanol–water partition coefficient (Wildman–Crippen LogP) is 6.71. The van der Waals surface area contributed by atoms with Crippen LogP contribution in [0.3, 0.4) is 0 Å². The van der Waals surface area contributed by atoms with Crippen molar-refractivity contribution < 1.29 is 39.6 Å². The van der Waals surface area contributed by atoms with Crippen LogP contribution < -0.4 is 0 Å². The van der Waals surface area contributed by atoms with E-state index < -0.39 is 21.4 Å². The van der Waals surface area contributed by atoms with Gasteiger partial charge in [-0.3, -0.25) is 0 Å². The quantitative estimate of drug-likeness (QED) is 0.166. The van der Waals surface area contributed by atoms with Crippen LogP contribution in [0.15, 0.2) is 42.7 Å². The average Bonchev–Trinajstić information content (AvgIpc) is 3.71. The number of allylic oxidation sites excluding steroid dienone is 2. The van der Waals surface area contributed by atoms with Crippen molar-refractivity contribution in [3.05, 3.63) is 82.2 Å². The zero-order chi connectivity index (χ0) is 33.2. The number of aromatic nitrogens is 4. The first-order chi connectivity index (χ1) is 22.6. The van der Waals surface area contributed by atoms with Gasteiger partial charge in [0.2, 0.25) is 0 Å². The lowest BCUT2D eigenvalue weighted by Crippen LogP contribution is -2.26. The van der Waals surface area contributed by atoms with Gasteiger partial charge in [0.05, 0.1) is 28.7 Å². The van der Waals surface area contributed by atoms with Gasteiger partial charge in [-0.2, -0.15) is 37.0 Å². The van der Waals surface area contributed by atoms with Gasteiger partial charge in [0.15, 0.2) is 0 Å². The van der Waals surface area contributed by atoms with Gasteiger partial charge < -0.3 is 13.7 Å². The van der Waals surface area contributed by atoms with Gasteiger partial charge in [0.25, 0.3) is 0 Å². The van der Waals surface area contributed by atoms with Crippen LogP contribution in [0.5, 0.6) is 0 Å². The summed E-state index contributed by atoms with van der Waals surface area (Å²) in [7, 11) is -5.69. The molecule has 0 spiro atoms. The molecule has 2 saturated heterocycles. The number of nitrogens with zero attached hydrogens (tertiary/aromatic N) is 5. The fraction of sp³-hybridized carbons (Fsp3) is 0.469. The van der Waals surface area contributed by atoms with Crippen molar-refractivity contribution in [1.82, 2.24) is 19.6 Å². The topological polar surface area (TPSA) is 121 Å². The summed E-state index contributed by atoms with van der Waals surface area (Å²) < 4.78 is 93.1. The SMILES string of the molecule is N#Cc1ccc(C2=CCCc3nn(C4CCCCO4)cc32)cc1F.O=S(=O)(OC1=CCCc2c1cnn2C1CCCCO1)C(F)(F)F. The molecule has 2 aliphatic heterocycles. The van der Waals surface area contributed by atoms with Crippen LogP contribution in [0, 0.1) is 17.1 Å². The Balaban J connectivity index is 0.000000165. The van der Waals surface area contributed by atoms with Crippen molar-refractivity contribution in [1.29, 1.82) is 5.26 Å². The van der Waals surface area contributed by atoms with E-state index in [1.807, 2.05) is 16.9 Å². The van der Waals surface area contributed by atoms with Crippen LogP contribution in [-0.2, 0) is 36.6 Å². The first-order valence-electron chi connectivity index (χ1n) is 15.5. The van der Waals surface area contributed by atoms with Gasteiger partial charge in [-0.1, -0.05) is 12.1 Å². The number of hydrogen-bond donors (Lipinski definition) is 0. The van der Waals surface area contributed by atoms with E-state index in [1.54, 1.807) is 10.7 Å². The van der Waals surface area contributed by atoms with Crippen molar-refractivity contribution in [3.8, 4) is 6.07 Å². The van der Waals surface area contributed by atoms with Gasteiger partial charge in [-0.05, 0) is 93.6 Å². The Labute approximate surface area is 269 Å². The highest BCUT2D eigenvalue weighted by molar-refractivity contribution is 7.87. The molecule has 0 radical (unpaired) electrons. The molecular formula is C32H33F4N5O5S. The summed E-state index contributed by atoms with van der Waals surface area (Å²) in [5, 5.41) is 17.8. The molecule has 4 aliphatic rings. The molecule has 7 rings (SSSR count). The normalized spacial score (nSPS) is 21.3. The maximum absolute atomic E-state index is 14.0. The van der Waals surface area contributed by atoms with Gasteiger partial charge in [0, 0.05) is 25.0 Å². The Morgan fingerprint density at radius 3 is 2.36 bits per heavy atom. The van der Waals surface area contributed by atoms with Gasteiger partial charge in [-0.25, -0.2) is 13.8 Å². The van der Waals surface area contributed by atoms with E-state index in [-0.39, 0.29) is 29.3 Å². The predicted molar refractivity (Wildman–Crippen MR) is 161 cm³/mol. The molecule has 2 aromatic heterocycles. The zero-order valence-corrected chi connectivity index (χ0v) is 26.2. The average molecular weight is 676 g/mol. The van der Waals surface area contributed by atoms with Crippen molar-refractivity contribution in [3.63, 3.8) is 0 Å². The Hall–Kier alpha value is -4.00. The number of benzene rings is 1. The molecule has 2 atom stereocenters.